The van der Waals surface area contributed by atoms with Gasteiger partial charge in [0.15, 0.2) is 12.6 Å². The third kappa shape index (κ3) is 3.53. The Morgan fingerprint density at radius 1 is 0.846 bits per heavy atom. The van der Waals surface area contributed by atoms with Gasteiger partial charge in [-0.1, -0.05) is 60.7 Å². The molecular weight excluding hydrogens is 336 g/mol. The van der Waals surface area contributed by atoms with Crippen LogP contribution in [0.4, 0.5) is 0 Å². The average Bonchev–Trinajstić information content (AvgIpc) is 2.73. The summed E-state index contributed by atoms with van der Waals surface area (Å²) in [7, 11) is 0. The maximum atomic E-state index is 10.3. The van der Waals surface area contributed by atoms with Gasteiger partial charge < -0.3 is 29.2 Å². The number of hydrogen-bond acceptors (Lipinski definition) is 6. The van der Waals surface area contributed by atoms with E-state index in [1.165, 1.54) is 0 Å². The molecule has 6 unspecified atom stereocenters. The van der Waals surface area contributed by atoms with E-state index >= 15 is 0 Å². The van der Waals surface area contributed by atoms with E-state index in [0.29, 0.717) is 6.61 Å². The summed E-state index contributed by atoms with van der Waals surface area (Å²) >= 11 is 0. The van der Waals surface area contributed by atoms with Crippen molar-refractivity contribution in [3.8, 4) is 0 Å². The van der Waals surface area contributed by atoms with Crippen LogP contribution >= 0.6 is 0 Å². The maximum Gasteiger partial charge on any atom is 0.184 e. The number of ether oxygens (including phenoxy) is 4. The molecule has 2 saturated heterocycles. The predicted octanol–water partition coefficient (Wildman–Crippen LogP) is 1.94. The van der Waals surface area contributed by atoms with Crippen LogP contribution in [0, 0.1) is 0 Å². The molecule has 2 heterocycles. The highest BCUT2D eigenvalue weighted by atomic mass is 16.8. The van der Waals surface area contributed by atoms with Crippen molar-refractivity contribution >= 4 is 0 Å². The highest BCUT2D eigenvalue weighted by molar-refractivity contribution is 5.18. The molecule has 0 radical (unpaired) electrons. The highest BCUT2D eigenvalue weighted by Gasteiger charge is 2.48. The van der Waals surface area contributed by atoms with Gasteiger partial charge in [-0.2, -0.15) is 0 Å². The van der Waals surface area contributed by atoms with Crippen LogP contribution < -0.4 is 0 Å². The zero-order valence-electron chi connectivity index (χ0n) is 14.2. The number of aliphatic hydroxyl groups excluding tert-OH is 2. The quantitative estimate of drug-likeness (QED) is 0.870. The summed E-state index contributed by atoms with van der Waals surface area (Å²) in [6.07, 6.45) is -3.96. The van der Waals surface area contributed by atoms with E-state index < -0.39 is 43.6 Å². The number of fused-ring (bicyclic) bond motifs is 1. The summed E-state index contributed by atoms with van der Waals surface area (Å²) in [6, 6.07) is 19.1. The Morgan fingerprint density at radius 3 is 2.08 bits per heavy atom. The Bertz CT molecular complexity index is 692. The highest BCUT2D eigenvalue weighted by Crippen LogP contribution is 2.38. The van der Waals surface area contributed by atoms with Crippen LogP contribution in [0.2, 0.25) is 0 Å². The first-order valence-corrected chi connectivity index (χ1v) is 8.73. The van der Waals surface area contributed by atoms with E-state index in [9.17, 15) is 10.2 Å². The molecule has 2 N–H and O–H groups in total. The van der Waals surface area contributed by atoms with Gasteiger partial charge in [-0.3, -0.25) is 0 Å². The second-order valence-electron chi connectivity index (χ2n) is 6.44. The van der Waals surface area contributed by atoms with Crippen molar-refractivity contribution < 1.29 is 29.2 Å². The second kappa shape index (κ2) is 7.84. The van der Waals surface area contributed by atoms with Crippen molar-refractivity contribution in [2.75, 3.05) is 13.2 Å². The lowest BCUT2D eigenvalue weighted by atomic mass is 9.99. The minimum absolute atomic E-state index is 0.311. The third-order valence-electron chi connectivity index (χ3n) is 4.67. The van der Waals surface area contributed by atoms with Crippen molar-refractivity contribution in [1.82, 2.24) is 0 Å². The molecule has 0 spiro atoms. The molecule has 0 bridgehead atoms. The van der Waals surface area contributed by atoms with Crippen molar-refractivity contribution in [2.24, 2.45) is 0 Å². The van der Waals surface area contributed by atoms with Gasteiger partial charge in [0, 0.05) is 11.1 Å². The van der Waals surface area contributed by atoms with Gasteiger partial charge in [0.2, 0.25) is 0 Å². The normalized spacial score (nSPS) is 32.6. The van der Waals surface area contributed by atoms with Gasteiger partial charge in [0.05, 0.1) is 13.2 Å². The van der Waals surface area contributed by atoms with Gasteiger partial charge >= 0.3 is 0 Å². The van der Waals surface area contributed by atoms with Crippen molar-refractivity contribution in [3.05, 3.63) is 71.8 Å². The van der Waals surface area contributed by atoms with Gasteiger partial charge in [0.25, 0.3) is 0 Å². The van der Waals surface area contributed by atoms with Crippen LogP contribution in [-0.2, 0) is 18.9 Å². The summed E-state index contributed by atoms with van der Waals surface area (Å²) in [5.74, 6) is 0. The zero-order chi connectivity index (χ0) is 17.9. The molecule has 6 nitrogen and oxygen atoms in total. The number of aliphatic hydroxyl groups is 2. The molecule has 6 atom stereocenters. The Labute approximate surface area is 151 Å². The topological polar surface area (TPSA) is 77.4 Å². The van der Waals surface area contributed by atoms with Gasteiger partial charge in [-0.05, 0) is 0 Å². The summed E-state index contributed by atoms with van der Waals surface area (Å²) in [4.78, 5) is 0. The molecule has 2 aromatic rings. The van der Waals surface area contributed by atoms with E-state index in [0.717, 1.165) is 11.1 Å². The molecule has 6 heteroatoms. The SMILES string of the molecule is OCC(O)C1OC(c2ccccc2)OC2COC(c3ccccc3)OC21. The molecule has 0 saturated carbocycles. The Balaban J connectivity index is 1.56. The molecule has 2 aliphatic rings. The number of benzene rings is 2. The van der Waals surface area contributed by atoms with Gasteiger partial charge in [-0.25, -0.2) is 0 Å². The van der Waals surface area contributed by atoms with Crippen LogP contribution in [0.5, 0.6) is 0 Å². The molecule has 4 rings (SSSR count). The fraction of sp³-hybridized carbons (Fsp3) is 0.400. The lowest BCUT2D eigenvalue weighted by molar-refractivity contribution is -0.373. The average molecular weight is 358 g/mol. The van der Waals surface area contributed by atoms with Crippen LogP contribution in [0.1, 0.15) is 23.7 Å². The van der Waals surface area contributed by atoms with Crippen molar-refractivity contribution in [2.45, 2.75) is 37.0 Å². The predicted molar refractivity (Wildman–Crippen MR) is 92.0 cm³/mol. The Morgan fingerprint density at radius 2 is 1.46 bits per heavy atom. The van der Waals surface area contributed by atoms with Gasteiger partial charge in [0.1, 0.15) is 24.4 Å². The van der Waals surface area contributed by atoms with E-state index in [1.807, 2.05) is 60.7 Å². The van der Waals surface area contributed by atoms with Crippen molar-refractivity contribution in [3.63, 3.8) is 0 Å². The van der Waals surface area contributed by atoms with Crippen molar-refractivity contribution in [1.29, 1.82) is 0 Å². The number of rotatable bonds is 4. The Hall–Kier alpha value is -1.80. The second-order valence-corrected chi connectivity index (χ2v) is 6.44. The monoisotopic (exact) mass is 358 g/mol. The van der Waals surface area contributed by atoms with Crippen LogP contribution in [0.25, 0.3) is 0 Å². The summed E-state index contributed by atoms with van der Waals surface area (Å²) < 4.78 is 23.9. The molecule has 2 fully saturated rings. The largest absolute Gasteiger partial charge is 0.394 e. The van der Waals surface area contributed by atoms with Crippen LogP contribution in [0.3, 0.4) is 0 Å². The first kappa shape index (κ1) is 17.6. The molecule has 26 heavy (non-hydrogen) atoms. The van der Waals surface area contributed by atoms with Gasteiger partial charge in [-0.15, -0.1) is 0 Å². The maximum absolute atomic E-state index is 10.3. The Kier molecular flexibility index (Phi) is 5.31. The molecular formula is C20H22O6. The lowest BCUT2D eigenvalue weighted by Gasteiger charge is -2.47. The van der Waals surface area contributed by atoms with Crippen LogP contribution in [-0.4, -0.2) is 47.8 Å². The first-order valence-electron chi connectivity index (χ1n) is 8.73. The molecule has 138 valence electrons. The molecule has 2 aromatic carbocycles. The summed E-state index contributed by atoms with van der Waals surface area (Å²) in [5, 5.41) is 19.8. The number of hydrogen-bond donors (Lipinski definition) is 2. The summed E-state index contributed by atoms with van der Waals surface area (Å²) in [5.41, 5.74) is 1.72. The molecule has 0 amide bonds. The minimum atomic E-state index is -1.08. The lowest BCUT2D eigenvalue weighted by Crippen LogP contribution is -2.58. The smallest absolute Gasteiger partial charge is 0.184 e. The molecule has 0 aliphatic carbocycles. The standard InChI is InChI=1S/C20H22O6/c21-11-15(22)17-18-16(24-20(25-17)14-9-5-2-6-10-14)12-23-19(26-18)13-7-3-1-4-8-13/h1-10,15-22H,11-12H2. The van der Waals surface area contributed by atoms with Crippen LogP contribution in [0.15, 0.2) is 60.7 Å². The van der Waals surface area contributed by atoms with E-state index in [2.05, 4.69) is 0 Å². The van der Waals surface area contributed by atoms with E-state index in [1.54, 1.807) is 0 Å². The minimum Gasteiger partial charge on any atom is -0.394 e. The van der Waals surface area contributed by atoms with E-state index in [-0.39, 0.29) is 0 Å². The summed E-state index contributed by atoms with van der Waals surface area (Å²) in [6.45, 7) is -0.110. The fourth-order valence-electron chi connectivity index (χ4n) is 3.33. The first-order chi connectivity index (χ1) is 12.8. The van der Waals surface area contributed by atoms with E-state index in [4.69, 9.17) is 18.9 Å². The zero-order valence-corrected chi connectivity index (χ0v) is 14.2. The third-order valence-corrected chi connectivity index (χ3v) is 4.67. The fourth-order valence-corrected chi connectivity index (χ4v) is 3.33. The molecule has 0 aromatic heterocycles. The molecule has 2 aliphatic heterocycles.